The molecule has 3 rings (SSSR count). The van der Waals surface area contributed by atoms with E-state index in [4.69, 9.17) is 0 Å². The Hall–Kier alpha value is -0.500. The van der Waals surface area contributed by atoms with Crippen molar-refractivity contribution in [2.75, 3.05) is 17.2 Å². The average Bonchev–Trinajstić information content (AvgIpc) is 2.45. The fourth-order valence-corrected chi connectivity index (χ4v) is 4.36. The van der Waals surface area contributed by atoms with Crippen molar-refractivity contribution in [2.45, 2.75) is 23.1 Å². The monoisotopic (exact) mass is 357 g/mol. The molecular weight excluding hydrogens is 341 g/mol. The molecule has 7 heteroatoms. The zero-order chi connectivity index (χ0) is 15.7. The molecule has 1 aliphatic heterocycles. The summed E-state index contributed by atoms with van der Waals surface area (Å²) in [6.07, 6.45) is 0.318. The van der Waals surface area contributed by atoms with Crippen LogP contribution in [0.1, 0.15) is 12.0 Å². The number of anilines is 2. The second-order valence-corrected chi connectivity index (χ2v) is 7.87. The minimum absolute atomic E-state index is 0. The Morgan fingerprint density at radius 1 is 1.09 bits per heavy atom. The van der Waals surface area contributed by atoms with E-state index in [-0.39, 0.29) is 35.3 Å². The number of fused-ring (bicyclic) bond motifs is 2. The first kappa shape index (κ1) is 18.8. The van der Waals surface area contributed by atoms with Crippen molar-refractivity contribution in [1.82, 2.24) is 0 Å². The molecule has 1 aliphatic rings. The molecule has 0 unspecified atom stereocenters. The number of rotatable bonds is 4. The van der Waals surface area contributed by atoms with Crippen LogP contribution < -0.4 is 34.5 Å². The normalized spacial score (nSPS) is 13.0. The topological polar surface area (TPSA) is 60.4 Å². The summed E-state index contributed by atoms with van der Waals surface area (Å²) < 4.78 is 32.6. The molecule has 0 saturated heterocycles. The van der Waals surface area contributed by atoms with E-state index in [2.05, 4.69) is 17.0 Å². The van der Waals surface area contributed by atoms with E-state index < -0.39 is 10.1 Å². The molecule has 0 amide bonds. The molecule has 0 saturated carbocycles. The summed E-state index contributed by atoms with van der Waals surface area (Å²) in [6, 6.07) is 14.2. The van der Waals surface area contributed by atoms with E-state index in [0.717, 1.165) is 26.7 Å². The van der Waals surface area contributed by atoms with Crippen molar-refractivity contribution in [3.63, 3.8) is 0 Å². The van der Waals surface area contributed by atoms with Crippen molar-refractivity contribution < 1.29 is 42.5 Å². The van der Waals surface area contributed by atoms with Crippen LogP contribution in [-0.2, 0) is 10.1 Å². The van der Waals surface area contributed by atoms with Gasteiger partial charge in [-0.1, -0.05) is 36.0 Å². The Balaban J connectivity index is 0.00000192. The largest absolute Gasteiger partial charge is 1.00 e. The SMILES string of the molecule is Cc1cccc2c1N(CCCS(=O)(=O)[O-])c1ccccc1S2.[Na+]. The molecule has 0 spiro atoms. The molecule has 0 fully saturated rings. The van der Waals surface area contributed by atoms with E-state index in [9.17, 15) is 13.0 Å². The smallest absolute Gasteiger partial charge is 0.748 e. The van der Waals surface area contributed by atoms with Crippen molar-refractivity contribution in [1.29, 1.82) is 0 Å². The predicted molar refractivity (Wildman–Crippen MR) is 87.9 cm³/mol. The molecule has 0 aliphatic carbocycles. The summed E-state index contributed by atoms with van der Waals surface area (Å²) in [6.45, 7) is 2.56. The Kier molecular flexibility index (Phi) is 6.22. The fourth-order valence-electron chi connectivity index (χ4n) is 2.70. The quantitative estimate of drug-likeness (QED) is 0.590. The summed E-state index contributed by atoms with van der Waals surface area (Å²) in [7, 11) is -4.17. The van der Waals surface area contributed by atoms with Crippen LogP contribution in [0.5, 0.6) is 0 Å². The maximum Gasteiger partial charge on any atom is 1.00 e. The second kappa shape index (κ2) is 7.59. The number of para-hydroxylation sites is 2. The molecule has 1 heterocycles. The molecule has 0 radical (unpaired) electrons. The van der Waals surface area contributed by atoms with Crippen LogP contribution in [0.15, 0.2) is 52.3 Å². The van der Waals surface area contributed by atoms with E-state index >= 15 is 0 Å². The summed E-state index contributed by atoms with van der Waals surface area (Å²) in [5.41, 5.74) is 3.32. The first-order valence-corrected chi connectivity index (χ1v) is 9.43. The van der Waals surface area contributed by atoms with Gasteiger partial charge in [-0.25, -0.2) is 8.42 Å². The minimum atomic E-state index is -4.17. The Morgan fingerprint density at radius 2 is 1.78 bits per heavy atom. The minimum Gasteiger partial charge on any atom is -0.748 e. The van der Waals surface area contributed by atoms with Crippen LogP contribution in [0, 0.1) is 6.92 Å². The predicted octanol–water partition coefficient (Wildman–Crippen LogP) is 0.537. The Morgan fingerprint density at radius 3 is 2.52 bits per heavy atom. The average molecular weight is 357 g/mol. The third kappa shape index (κ3) is 4.32. The molecule has 0 bridgehead atoms. The zero-order valence-electron chi connectivity index (χ0n) is 13.2. The van der Waals surface area contributed by atoms with Gasteiger partial charge in [-0.2, -0.15) is 0 Å². The van der Waals surface area contributed by atoms with Gasteiger partial charge in [0.1, 0.15) is 0 Å². The Labute approximate surface area is 163 Å². The third-order valence-corrected chi connectivity index (χ3v) is 5.53. The molecule has 4 nitrogen and oxygen atoms in total. The second-order valence-electron chi connectivity index (χ2n) is 5.26. The standard InChI is InChI=1S/C16H17NO3S2.Na/c1-12-6-4-9-15-16(12)17(10-5-11-22(18,19)20)13-7-2-3-8-14(13)21-15;/h2-4,6-9H,5,10-11H2,1H3,(H,18,19,20);/q;+1/p-1. The number of nitrogens with zero attached hydrogens (tertiary/aromatic N) is 1. The molecule has 116 valence electrons. The van der Waals surface area contributed by atoms with Gasteiger partial charge in [-0.3, -0.25) is 0 Å². The van der Waals surface area contributed by atoms with Gasteiger partial charge in [-0.05, 0) is 37.1 Å². The van der Waals surface area contributed by atoms with Crippen molar-refractivity contribution in [2.24, 2.45) is 0 Å². The van der Waals surface area contributed by atoms with Gasteiger partial charge >= 0.3 is 29.6 Å². The van der Waals surface area contributed by atoms with Crippen LogP contribution in [-0.4, -0.2) is 25.3 Å². The van der Waals surface area contributed by atoms with E-state index in [1.54, 1.807) is 11.8 Å². The first-order chi connectivity index (χ1) is 10.5. The number of hydrogen-bond acceptors (Lipinski definition) is 5. The summed E-state index contributed by atoms with van der Waals surface area (Å²) in [4.78, 5) is 4.43. The fraction of sp³-hybridized carbons (Fsp3) is 0.250. The molecule has 0 aromatic heterocycles. The van der Waals surface area contributed by atoms with Gasteiger partial charge in [0, 0.05) is 22.1 Å². The van der Waals surface area contributed by atoms with Crippen molar-refractivity contribution in [3.8, 4) is 0 Å². The van der Waals surface area contributed by atoms with Crippen LogP contribution in [0.4, 0.5) is 11.4 Å². The van der Waals surface area contributed by atoms with Crippen LogP contribution in [0.2, 0.25) is 0 Å². The molecule has 2 aromatic rings. The Bertz CT molecular complexity index is 809. The van der Waals surface area contributed by atoms with Gasteiger partial charge in [0.2, 0.25) is 0 Å². The molecular formula is C16H16NNaO3S2. The van der Waals surface area contributed by atoms with Crippen molar-refractivity contribution >= 4 is 33.3 Å². The summed E-state index contributed by atoms with van der Waals surface area (Å²) in [5.74, 6) is -0.333. The molecule has 0 atom stereocenters. The van der Waals surface area contributed by atoms with Gasteiger partial charge in [0.15, 0.2) is 0 Å². The summed E-state index contributed by atoms with van der Waals surface area (Å²) in [5, 5.41) is 0. The van der Waals surface area contributed by atoms with Crippen LogP contribution in [0.25, 0.3) is 0 Å². The maximum absolute atomic E-state index is 10.9. The zero-order valence-corrected chi connectivity index (χ0v) is 16.8. The van der Waals surface area contributed by atoms with Gasteiger partial charge in [-0.15, -0.1) is 0 Å². The summed E-state index contributed by atoms with van der Waals surface area (Å²) >= 11 is 1.72. The van der Waals surface area contributed by atoms with Gasteiger partial charge in [0.25, 0.3) is 0 Å². The van der Waals surface area contributed by atoms with Crippen LogP contribution >= 0.6 is 11.8 Å². The van der Waals surface area contributed by atoms with Crippen molar-refractivity contribution in [3.05, 3.63) is 48.0 Å². The van der Waals surface area contributed by atoms with Gasteiger partial charge < -0.3 is 9.45 Å². The van der Waals surface area contributed by atoms with Crippen LogP contribution in [0.3, 0.4) is 0 Å². The number of aryl methyl sites for hydroxylation is 1. The van der Waals surface area contributed by atoms with E-state index in [1.807, 2.05) is 37.3 Å². The van der Waals surface area contributed by atoms with E-state index in [0.29, 0.717) is 13.0 Å². The van der Waals surface area contributed by atoms with E-state index in [1.165, 1.54) is 0 Å². The van der Waals surface area contributed by atoms with Gasteiger partial charge in [0.05, 0.1) is 21.5 Å². The molecule has 0 N–H and O–H groups in total. The third-order valence-electron chi connectivity index (χ3n) is 3.62. The molecule has 2 aromatic carbocycles. The molecule has 23 heavy (non-hydrogen) atoms. The number of hydrogen-bond donors (Lipinski definition) is 0. The first-order valence-electron chi connectivity index (χ1n) is 7.03. The number of benzene rings is 2. The maximum atomic E-state index is 10.9.